The highest BCUT2D eigenvalue weighted by Crippen LogP contribution is 2.33. The van der Waals surface area contributed by atoms with Crippen molar-refractivity contribution in [3.05, 3.63) is 30.1 Å². The number of carboxylic acid groups (broad SMARTS) is 1. The molecule has 21 heavy (non-hydrogen) atoms. The van der Waals surface area contributed by atoms with Gasteiger partial charge in [-0.1, -0.05) is 6.92 Å². The van der Waals surface area contributed by atoms with Crippen molar-refractivity contribution in [2.24, 2.45) is 0 Å². The highest BCUT2D eigenvalue weighted by Gasteiger charge is 2.41. The molecule has 1 aromatic carbocycles. The predicted molar refractivity (Wildman–Crippen MR) is 80.2 cm³/mol. The van der Waals surface area contributed by atoms with Crippen molar-refractivity contribution in [1.29, 1.82) is 0 Å². The van der Waals surface area contributed by atoms with Crippen molar-refractivity contribution < 1.29 is 14.7 Å². The summed E-state index contributed by atoms with van der Waals surface area (Å²) in [7, 11) is 0. The lowest BCUT2D eigenvalue weighted by Crippen LogP contribution is -2.45. The lowest BCUT2D eigenvalue weighted by Gasteiger charge is -2.26. The number of hydrogen-bond donors (Lipinski definition) is 2. The molecule has 2 N–H and O–H groups in total. The van der Waals surface area contributed by atoms with Crippen LogP contribution in [0, 0.1) is 0 Å². The minimum absolute atomic E-state index is 0.0870. The number of aromatic amines is 1. The molecular weight excluding hydrogens is 290 g/mol. The maximum atomic E-state index is 12.7. The standard InChI is InChI=1S/C14H15N3O3S/c1-2-12-17(11(6-21-12)14(19)20)13(18)8-3-4-9-10(5-8)16-7-15-9/h3-5,7,11-12H,2,6H2,1H3,(H,15,16)(H,19,20). The van der Waals surface area contributed by atoms with E-state index in [2.05, 4.69) is 9.97 Å². The van der Waals surface area contributed by atoms with Crippen LogP contribution in [0.5, 0.6) is 0 Å². The molecule has 2 heterocycles. The van der Waals surface area contributed by atoms with Gasteiger partial charge in [0.05, 0.1) is 22.7 Å². The van der Waals surface area contributed by atoms with E-state index in [0.717, 1.165) is 17.5 Å². The Morgan fingerprint density at radius 2 is 2.33 bits per heavy atom. The van der Waals surface area contributed by atoms with Crippen molar-refractivity contribution in [2.75, 3.05) is 5.75 Å². The quantitative estimate of drug-likeness (QED) is 0.905. The molecule has 2 aromatic rings. The van der Waals surface area contributed by atoms with Crippen molar-refractivity contribution in [3.8, 4) is 0 Å². The number of carboxylic acids is 1. The molecule has 1 aromatic heterocycles. The van der Waals surface area contributed by atoms with Crippen molar-refractivity contribution in [1.82, 2.24) is 14.9 Å². The molecule has 1 amide bonds. The molecule has 1 saturated heterocycles. The first-order valence-electron chi connectivity index (χ1n) is 6.72. The van der Waals surface area contributed by atoms with E-state index >= 15 is 0 Å². The lowest BCUT2D eigenvalue weighted by molar-refractivity contribution is -0.141. The SMILES string of the molecule is CCC1SCC(C(=O)O)N1C(=O)c1ccc2nc[nH]c2c1. The molecule has 1 aliphatic heterocycles. The zero-order chi connectivity index (χ0) is 15.0. The average Bonchev–Trinajstić information content (AvgIpc) is 3.11. The van der Waals surface area contributed by atoms with E-state index in [4.69, 9.17) is 0 Å². The number of nitrogens with zero attached hydrogens (tertiary/aromatic N) is 2. The Balaban J connectivity index is 1.96. The van der Waals surface area contributed by atoms with Crippen LogP contribution >= 0.6 is 11.8 Å². The number of H-pyrrole nitrogens is 1. The Kier molecular flexibility index (Phi) is 3.59. The highest BCUT2D eigenvalue weighted by atomic mass is 32.2. The maximum absolute atomic E-state index is 12.7. The van der Waals surface area contributed by atoms with Gasteiger partial charge in [-0.15, -0.1) is 11.8 Å². The van der Waals surface area contributed by atoms with Crippen molar-refractivity contribution in [2.45, 2.75) is 24.8 Å². The molecule has 0 aliphatic carbocycles. The molecule has 2 unspecified atom stereocenters. The van der Waals surface area contributed by atoms with Gasteiger partial charge in [0.2, 0.25) is 0 Å². The van der Waals surface area contributed by atoms with Crippen molar-refractivity contribution >= 4 is 34.7 Å². The van der Waals surface area contributed by atoms with Crippen LogP contribution in [0.25, 0.3) is 11.0 Å². The van der Waals surface area contributed by atoms with Gasteiger partial charge in [-0.2, -0.15) is 0 Å². The lowest BCUT2D eigenvalue weighted by atomic mass is 10.1. The third kappa shape index (κ3) is 2.37. The minimum atomic E-state index is -0.950. The summed E-state index contributed by atoms with van der Waals surface area (Å²) in [5.41, 5.74) is 2.04. The first kappa shape index (κ1) is 13.9. The van der Waals surface area contributed by atoms with Gasteiger partial charge in [-0.25, -0.2) is 9.78 Å². The van der Waals surface area contributed by atoms with Gasteiger partial charge >= 0.3 is 5.97 Å². The molecule has 1 aliphatic rings. The number of hydrogen-bond acceptors (Lipinski definition) is 4. The molecule has 6 nitrogen and oxygen atoms in total. The number of aliphatic carboxylic acids is 1. The van der Waals surface area contributed by atoms with Crippen molar-refractivity contribution in [3.63, 3.8) is 0 Å². The number of rotatable bonds is 3. The fraction of sp³-hybridized carbons (Fsp3) is 0.357. The van der Waals surface area contributed by atoms with Gasteiger partial charge < -0.3 is 15.0 Å². The van der Waals surface area contributed by atoms with E-state index in [1.807, 2.05) is 6.92 Å². The van der Waals surface area contributed by atoms with Crippen LogP contribution in [0.3, 0.4) is 0 Å². The molecule has 0 spiro atoms. The van der Waals surface area contributed by atoms with Gasteiger partial charge in [0.25, 0.3) is 5.91 Å². The van der Waals surface area contributed by atoms with Crippen LogP contribution in [0.2, 0.25) is 0 Å². The first-order chi connectivity index (χ1) is 10.1. The smallest absolute Gasteiger partial charge is 0.327 e. The van der Waals surface area contributed by atoms with Crippen LogP contribution in [0.15, 0.2) is 24.5 Å². The second-order valence-electron chi connectivity index (χ2n) is 4.90. The monoisotopic (exact) mass is 305 g/mol. The molecule has 7 heteroatoms. The zero-order valence-corrected chi connectivity index (χ0v) is 12.3. The summed E-state index contributed by atoms with van der Waals surface area (Å²) < 4.78 is 0. The Morgan fingerprint density at radius 1 is 1.52 bits per heavy atom. The van der Waals surface area contributed by atoms with E-state index in [0.29, 0.717) is 11.3 Å². The third-order valence-electron chi connectivity index (χ3n) is 3.63. The fourth-order valence-corrected chi connectivity index (χ4v) is 3.90. The van der Waals surface area contributed by atoms with Crippen LogP contribution in [0.4, 0.5) is 0 Å². The Hall–Kier alpha value is -2.02. The Bertz CT molecular complexity index is 700. The van der Waals surface area contributed by atoms with Crippen LogP contribution in [0.1, 0.15) is 23.7 Å². The van der Waals surface area contributed by atoms with E-state index < -0.39 is 12.0 Å². The number of carbonyl (C=O) groups excluding carboxylic acids is 1. The number of aromatic nitrogens is 2. The topological polar surface area (TPSA) is 86.3 Å². The van der Waals surface area contributed by atoms with Gasteiger partial charge in [0.1, 0.15) is 6.04 Å². The first-order valence-corrected chi connectivity index (χ1v) is 7.77. The third-order valence-corrected chi connectivity index (χ3v) is 5.08. The van der Waals surface area contributed by atoms with E-state index in [-0.39, 0.29) is 11.3 Å². The van der Waals surface area contributed by atoms with Gasteiger partial charge in [0, 0.05) is 11.3 Å². The van der Waals surface area contributed by atoms with Gasteiger partial charge in [0.15, 0.2) is 0 Å². The number of fused-ring (bicyclic) bond motifs is 1. The number of nitrogens with one attached hydrogen (secondary N) is 1. The zero-order valence-electron chi connectivity index (χ0n) is 11.4. The Labute approximate surface area is 125 Å². The van der Waals surface area contributed by atoms with Gasteiger partial charge in [-0.3, -0.25) is 4.79 Å². The van der Waals surface area contributed by atoms with Crippen LogP contribution in [-0.4, -0.2) is 49.0 Å². The molecule has 0 bridgehead atoms. The largest absolute Gasteiger partial charge is 0.480 e. The van der Waals surface area contributed by atoms with E-state index in [1.54, 1.807) is 24.5 Å². The van der Waals surface area contributed by atoms with E-state index in [1.165, 1.54) is 16.7 Å². The summed E-state index contributed by atoms with van der Waals surface area (Å²) in [5, 5.41) is 9.22. The summed E-state index contributed by atoms with van der Waals surface area (Å²) >= 11 is 1.52. The minimum Gasteiger partial charge on any atom is -0.480 e. The highest BCUT2D eigenvalue weighted by molar-refractivity contribution is 8.00. The fourth-order valence-electron chi connectivity index (χ4n) is 2.56. The normalized spacial score (nSPS) is 21.9. The molecule has 0 saturated carbocycles. The second kappa shape index (κ2) is 5.40. The Morgan fingerprint density at radius 3 is 3.05 bits per heavy atom. The molecule has 1 fully saturated rings. The average molecular weight is 305 g/mol. The van der Waals surface area contributed by atoms with Crippen LogP contribution in [-0.2, 0) is 4.79 Å². The summed E-state index contributed by atoms with van der Waals surface area (Å²) in [6, 6.07) is 4.42. The summed E-state index contributed by atoms with van der Waals surface area (Å²) in [5.74, 6) is -0.753. The van der Waals surface area contributed by atoms with Crippen LogP contribution < -0.4 is 0 Å². The predicted octanol–water partition coefficient (Wildman–Crippen LogP) is 1.94. The molecule has 3 rings (SSSR count). The van der Waals surface area contributed by atoms with E-state index in [9.17, 15) is 14.7 Å². The second-order valence-corrected chi connectivity index (χ2v) is 6.11. The number of amides is 1. The number of benzene rings is 1. The summed E-state index contributed by atoms with van der Waals surface area (Å²) in [6.07, 6.45) is 2.30. The number of carbonyl (C=O) groups is 2. The molecular formula is C14H15N3O3S. The number of thioether (sulfide) groups is 1. The summed E-state index contributed by atoms with van der Waals surface area (Å²) in [6.45, 7) is 1.96. The molecule has 0 radical (unpaired) electrons. The summed E-state index contributed by atoms with van der Waals surface area (Å²) in [4.78, 5) is 32.6. The number of imidazole rings is 1. The maximum Gasteiger partial charge on any atom is 0.327 e. The molecule has 2 atom stereocenters. The van der Waals surface area contributed by atoms with Gasteiger partial charge in [-0.05, 0) is 24.6 Å². The molecule has 110 valence electrons.